The van der Waals surface area contributed by atoms with Gasteiger partial charge in [0.25, 0.3) is 0 Å². The molecule has 1 unspecified atom stereocenters. The van der Waals surface area contributed by atoms with E-state index in [1.54, 1.807) is 6.08 Å². The second-order valence-corrected chi connectivity index (χ2v) is 3.11. The smallest absolute Gasteiger partial charge is 0.0733 e. The molecule has 0 heterocycles. The lowest BCUT2D eigenvalue weighted by atomic mass is 10.2. The van der Waals surface area contributed by atoms with Crippen LogP contribution in [0, 0.1) is 0 Å². The van der Waals surface area contributed by atoms with Gasteiger partial charge in [0.1, 0.15) is 0 Å². The van der Waals surface area contributed by atoms with Gasteiger partial charge in [0.2, 0.25) is 0 Å². The lowest BCUT2D eigenvalue weighted by Crippen LogP contribution is -2.04. The second-order valence-electron chi connectivity index (χ2n) is 3.11. The normalized spacial score (nSPS) is 13.3. The lowest BCUT2D eigenvalue weighted by Gasteiger charge is -2.08. The van der Waals surface area contributed by atoms with Gasteiger partial charge in [0.05, 0.1) is 19.3 Å². The molecule has 1 aromatic rings. The van der Waals surface area contributed by atoms with Gasteiger partial charge in [-0.2, -0.15) is 0 Å². The fourth-order valence-corrected chi connectivity index (χ4v) is 1.11. The zero-order valence-corrected chi connectivity index (χ0v) is 8.39. The first kappa shape index (κ1) is 11.0. The van der Waals surface area contributed by atoms with Crippen molar-refractivity contribution >= 4 is 0 Å². The minimum atomic E-state index is 0.0438. The van der Waals surface area contributed by atoms with Gasteiger partial charge in [-0.25, -0.2) is 0 Å². The quantitative estimate of drug-likeness (QED) is 0.724. The van der Waals surface area contributed by atoms with Crippen LogP contribution < -0.4 is 0 Å². The molecule has 1 rings (SSSR count). The van der Waals surface area contributed by atoms with E-state index >= 15 is 0 Å². The zero-order chi connectivity index (χ0) is 10.2. The van der Waals surface area contributed by atoms with Crippen LogP contribution in [0.4, 0.5) is 0 Å². The summed E-state index contributed by atoms with van der Waals surface area (Å²) in [6.07, 6.45) is 3.58. The van der Waals surface area contributed by atoms with Gasteiger partial charge in [-0.3, -0.25) is 0 Å². The molecule has 0 amide bonds. The third-order valence-electron chi connectivity index (χ3n) is 1.87. The number of hydrogen-bond donors (Lipinski definition) is 1. The summed E-state index contributed by atoms with van der Waals surface area (Å²) in [5, 5.41) is 8.56. The van der Waals surface area contributed by atoms with E-state index in [1.165, 1.54) is 0 Å². The van der Waals surface area contributed by atoms with E-state index in [4.69, 9.17) is 9.84 Å². The summed E-state index contributed by atoms with van der Waals surface area (Å²) < 4.78 is 5.53. The van der Waals surface area contributed by atoms with Crippen molar-refractivity contribution in [2.75, 3.05) is 6.61 Å². The first-order valence-electron chi connectivity index (χ1n) is 4.76. The summed E-state index contributed by atoms with van der Waals surface area (Å²) in [5.41, 5.74) is 1.16. The maximum atomic E-state index is 8.56. The maximum absolute atomic E-state index is 8.56. The molecule has 0 aliphatic heterocycles. The van der Waals surface area contributed by atoms with E-state index in [-0.39, 0.29) is 12.7 Å². The molecule has 0 radical (unpaired) electrons. The molecular formula is C12H16O2. The van der Waals surface area contributed by atoms with E-state index in [2.05, 4.69) is 0 Å². The third-order valence-corrected chi connectivity index (χ3v) is 1.87. The van der Waals surface area contributed by atoms with Gasteiger partial charge < -0.3 is 9.84 Å². The first-order valence-corrected chi connectivity index (χ1v) is 4.76. The molecule has 0 saturated heterocycles. The molecule has 1 N–H and O–H groups in total. The lowest BCUT2D eigenvalue weighted by molar-refractivity contribution is 0.0836. The Labute approximate surface area is 84.8 Å². The van der Waals surface area contributed by atoms with Gasteiger partial charge in [-0.05, 0) is 12.5 Å². The minimum Gasteiger partial charge on any atom is -0.392 e. The summed E-state index contributed by atoms with van der Waals surface area (Å²) in [6, 6.07) is 10.0. The van der Waals surface area contributed by atoms with Gasteiger partial charge in [0, 0.05) is 0 Å². The molecule has 0 aliphatic carbocycles. The molecule has 14 heavy (non-hydrogen) atoms. The number of ether oxygens (including phenoxy) is 1. The van der Waals surface area contributed by atoms with E-state index in [9.17, 15) is 0 Å². The van der Waals surface area contributed by atoms with Crippen LogP contribution in [-0.2, 0) is 11.3 Å². The summed E-state index contributed by atoms with van der Waals surface area (Å²) in [7, 11) is 0. The van der Waals surface area contributed by atoms with Crippen molar-refractivity contribution in [3.63, 3.8) is 0 Å². The predicted octanol–water partition coefficient (Wildman–Crippen LogP) is 2.14. The molecule has 1 aromatic carbocycles. The van der Waals surface area contributed by atoms with Crippen molar-refractivity contribution in [1.29, 1.82) is 0 Å². The molecule has 2 nitrogen and oxygen atoms in total. The fraction of sp³-hybridized carbons (Fsp3) is 0.333. The van der Waals surface area contributed by atoms with Crippen molar-refractivity contribution in [3.05, 3.63) is 48.0 Å². The minimum absolute atomic E-state index is 0.0438. The topological polar surface area (TPSA) is 29.5 Å². The number of aliphatic hydroxyl groups excluding tert-OH is 1. The van der Waals surface area contributed by atoms with E-state index in [0.717, 1.165) is 5.56 Å². The van der Waals surface area contributed by atoms with Crippen LogP contribution in [0.1, 0.15) is 12.5 Å². The molecule has 0 aliphatic rings. The Morgan fingerprint density at radius 2 is 2.07 bits per heavy atom. The summed E-state index contributed by atoms with van der Waals surface area (Å²) >= 11 is 0. The molecule has 0 spiro atoms. The van der Waals surface area contributed by atoms with Crippen LogP contribution in [0.25, 0.3) is 0 Å². The SMILES string of the molecule is CC(C=CCO)OCc1ccccc1. The highest BCUT2D eigenvalue weighted by molar-refractivity contribution is 5.13. The van der Waals surface area contributed by atoms with Crippen molar-refractivity contribution in [2.45, 2.75) is 19.6 Å². The van der Waals surface area contributed by atoms with E-state index in [1.807, 2.05) is 43.3 Å². The first-order chi connectivity index (χ1) is 6.83. The molecule has 0 fully saturated rings. The Kier molecular flexibility index (Phi) is 4.97. The molecule has 2 heteroatoms. The molecule has 76 valence electrons. The van der Waals surface area contributed by atoms with Gasteiger partial charge >= 0.3 is 0 Å². The van der Waals surface area contributed by atoms with E-state index < -0.39 is 0 Å². The number of hydrogen-bond acceptors (Lipinski definition) is 2. The Balaban J connectivity index is 2.30. The van der Waals surface area contributed by atoms with Crippen LogP contribution in [0.2, 0.25) is 0 Å². The van der Waals surface area contributed by atoms with Crippen LogP contribution >= 0.6 is 0 Å². The summed E-state index contributed by atoms with van der Waals surface area (Å²) in [4.78, 5) is 0. The Morgan fingerprint density at radius 1 is 1.36 bits per heavy atom. The van der Waals surface area contributed by atoms with Gasteiger partial charge in [-0.1, -0.05) is 42.5 Å². The predicted molar refractivity (Wildman–Crippen MR) is 56.9 cm³/mol. The van der Waals surface area contributed by atoms with Crippen molar-refractivity contribution in [3.8, 4) is 0 Å². The highest BCUT2D eigenvalue weighted by Crippen LogP contribution is 2.03. The van der Waals surface area contributed by atoms with Crippen LogP contribution in [-0.4, -0.2) is 17.8 Å². The fourth-order valence-electron chi connectivity index (χ4n) is 1.11. The van der Waals surface area contributed by atoms with E-state index in [0.29, 0.717) is 6.61 Å². The number of benzene rings is 1. The molecule has 0 aromatic heterocycles. The van der Waals surface area contributed by atoms with Crippen LogP contribution in [0.5, 0.6) is 0 Å². The number of rotatable bonds is 5. The molecular weight excluding hydrogens is 176 g/mol. The highest BCUT2D eigenvalue weighted by atomic mass is 16.5. The largest absolute Gasteiger partial charge is 0.392 e. The zero-order valence-electron chi connectivity index (χ0n) is 8.39. The van der Waals surface area contributed by atoms with Crippen molar-refractivity contribution < 1.29 is 9.84 Å². The van der Waals surface area contributed by atoms with Crippen molar-refractivity contribution in [2.24, 2.45) is 0 Å². The Morgan fingerprint density at radius 3 is 2.71 bits per heavy atom. The van der Waals surface area contributed by atoms with Gasteiger partial charge in [0.15, 0.2) is 0 Å². The monoisotopic (exact) mass is 192 g/mol. The van der Waals surface area contributed by atoms with Gasteiger partial charge in [-0.15, -0.1) is 0 Å². The second kappa shape index (κ2) is 6.35. The summed E-state index contributed by atoms with van der Waals surface area (Å²) in [5.74, 6) is 0. The highest BCUT2D eigenvalue weighted by Gasteiger charge is 1.96. The Hall–Kier alpha value is -1.12. The molecule has 0 saturated carbocycles. The van der Waals surface area contributed by atoms with Crippen LogP contribution in [0.3, 0.4) is 0 Å². The maximum Gasteiger partial charge on any atom is 0.0733 e. The van der Waals surface area contributed by atoms with Crippen LogP contribution in [0.15, 0.2) is 42.5 Å². The summed E-state index contributed by atoms with van der Waals surface area (Å²) in [6.45, 7) is 2.63. The molecule has 0 bridgehead atoms. The Bertz CT molecular complexity index is 267. The average molecular weight is 192 g/mol. The average Bonchev–Trinajstić information content (AvgIpc) is 2.25. The number of aliphatic hydroxyl groups is 1. The third kappa shape index (κ3) is 4.21. The standard InChI is InChI=1S/C12H16O2/c1-11(6-5-9-13)14-10-12-7-3-2-4-8-12/h2-8,11,13H,9-10H2,1H3. The van der Waals surface area contributed by atoms with Crippen molar-refractivity contribution in [1.82, 2.24) is 0 Å². The molecule has 1 atom stereocenters.